The summed E-state index contributed by atoms with van der Waals surface area (Å²) in [5, 5.41) is 12.4. The summed E-state index contributed by atoms with van der Waals surface area (Å²) in [6.07, 6.45) is 1.68. The van der Waals surface area contributed by atoms with Crippen LogP contribution in [0.5, 0.6) is 0 Å². The zero-order valence-electron chi connectivity index (χ0n) is 9.91. The molecular formula is C12H11N7. The number of nitrogens with one attached hydrogen (secondary N) is 1. The maximum Gasteiger partial charge on any atom is 0.177 e. The van der Waals surface area contributed by atoms with Gasteiger partial charge in [-0.05, 0) is 12.1 Å². The van der Waals surface area contributed by atoms with Crippen molar-refractivity contribution in [3.8, 4) is 0 Å². The third-order valence-corrected chi connectivity index (χ3v) is 2.64. The van der Waals surface area contributed by atoms with E-state index < -0.39 is 0 Å². The second kappa shape index (κ2) is 4.37. The molecule has 0 fully saturated rings. The molecule has 0 unspecified atom stereocenters. The molecule has 2 heterocycles. The maximum atomic E-state index is 5.59. The molecule has 0 saturated heterocycles. The molecule has 7 heteroatoms. The molecule has 0 saturated carbocycles. The van der Waals surface area contributed by atoms with Crippen LogP contribution in [-0.2, 0) is 0 Å². The molecule has 2 aromatic rings. The lowest BCUT2D eigenvalue weighted by molar-refractivity contribution is 1.25. The van der Waals surface area contributed by atoms with Crippen LogP contribution in [0.1, 0.15) is 0 Å². The number of hydrogen-bond acceptors (Lipinski definition) is 7. The van der Waals surface area contributed by atoms with Crippen LogP contribution in [0.15, 0.2) is 51.8 Å². The average Bonchev–Trinajstić information content (AvgIpc) is 2.76. The fraction of sp³-hybridized carbons (Fsp3) is 0. The van der Waals surface area contributed by atoms with Gasteiger partial charge in [0.15, 0.2) is 17.4 Å². The second-order valence-corrected chi connectivity index (χ2v) is 3.96. The number of pyridine rings is 1. The highest BCUT2D eigenvalue weighted by Gasteiger charge is 2.16. The highest BCUT2D eigenvalue weighted by Crippen LogP contribution is 2.15. The highest BCUT2D eigenvalue weighted by molar-refractivity contribution is 6.68. The summed E-state index contributed by atoms with van der Waals surface area (Å²) in [6, 6.07) is 9.74. The van der Waals surface area contributed by atoms with E-state index in [0.717, 1.165) is 16.6 Å². The van der Waals surface area contributed by atoms with Gasteiger partial charge in [-0.1, -0.05) is 18.2 Å². The molecule has 1 aliphatic heterocycles. The fourth-order valence-electron chi connectivity index (χ4n) is 1.70. The van der Waals surface area contributed by atoms with E-state index in [4.69, 9.17) is 11.5 Å². The van der Waals surface area contributed by atoms with E-state index in [1.165, 1.54) is 0 Å². The quantitative estimate of drug-likeness (QED) is 0.681. The molecule has 94 valence electrons. The lowest BCUT2D eigenvalue weighted by Gasteiger charge is -2.03. The van der Waals surface area contributed by atoms with Crippen molar-refractivity contribution < 1.29 is 0 Å². The molecule has 7 nitrogen and oxygen atoms in total. The number of fused-ring (bicyclic) bond motifs is 1. The number of hydrogen-bond donors (Lipinski definition) is 3. The van der Waals surface area contributed by atoms with Crippen molar-refractivity contribution in [2.45, 2.75) is 0 Å². The fourth-order valence-corrected chi connectivity index (χ4v) is 1.70. The summed E-state index contributed by atoms with van der Waals surface area (Å²) in [4.78, 5) is 4.31. The summed E-state index contributed by atoms with van der Waals surface area (Å²) < 4.78 is 0. The molecule has 1 aromatic heterocycles. The van der Waals surface area contributed by atoms with Crippen molar-refractivity contribution in [3.05, 3.63) is 36.5 Å². The topological polar surface area (TPSA) is 114 Å². The molecule has 0 radical (unpaired) electrons. The molecule has 5 N–H and O–H groups in total. The van der Waals surface area contributed by atoms with Gasteiger partial charge >= 0.3 is 0 Å². The van der Waals surface area contributed by atoms with E-state index >= 15 is 0 Å². The number of nitrogens with zero attached hydrogens (tertiary/aromatic N) is 4. The van der Waals surface area contributed by atoms with Gasteiger partial charge in [-0.25, -0.2) is 0 Å². The summed E-state index contributed by atoms with van der Waals surface area (Å²) in [5.41, 5.74) is 16.0. The van der Waals surface area contributed by atoms with Gasteiger partial charge in [-0.3, -0.25) is 10.4 Å². The Morgan fingerprint density at radius 3 is 2.58 bits per heavy atom. The Bertz CT molecular complexity index is 710. The standard InChI is InChI=1S/C12H11N7/c13-11-10(12(14)19-18-11)17-16-8-5-7-3-1-2-4-9(7)15-6-8/h1-6,16H,(H4,13,14,17,18,19). The zero-order valence-corrected chi connectivity index (χ0v) is 9.91. The van der Waals surface area contributed by atoms with Crippen LogP contribution in [0.3, 0.4) is 0 Å². The Kier molecular flexibility index (Phi) is 2.57. The third kappa shape index (κ3) is 2.08. The van der Waals surface area contributed by atoms with E-state index in [0.29, 0.717) is 5.71 Å². The maximum absolute atomic E-state index is 5.59. The SMILES string of the molecule is NC1=NN=C(N)C1=NNc1cnc2ccccc2c1. The largest absolute Gasteiger partial charge is 0.380 e. The molecule has 1 aromatic carbocycles. The predicted molar refractivity (Wildman–Crippen MR) is 76.0 cm³/mol. The van der Waals surface area contributed by atoms with Crippen molar-refractivity contribution in [1.29, 1.82) is 0 Å². The Balaban J connectivity index is 1.88. The van der Waals surface area contributed by atoms with Crippen molar-refractivity contribution in [1.82, 2.24) is 4.98 Å². The first-order valence-electron chi connectivity index (χ1n) is 5.60. The number of amidine groups is 2. The number of benzene rings is 1. The van der Waals surface area contributed by atoms with E-state index in [-0.39, 0.29) is 11.7 Å². The van der Waals surface area contributed by atoms with Gasteiger partial charge in [0.2, 0.25) is 0 Å². The van der Waals surface area contributed by atoms with Crippen LogP contribution in [0.4, 0.5) is 5.69 Å². The molecule has 0 bridgehead atoms. The number of aromatic nitrogens is 1. The van der Waals surface area contributed by atoms with Crippen LogP contribution in [0, 0.1) is 0 Å². The monoisotopic (exact) mass is 253 g/mol. The van der Waals surface area contributed by atoms with Crippen LogP contribution < -0.4 is 16.9 Å². The van der Waals surface area contributed by atoms with E-state index in [2.05, 4.69) is 25.7 Å². The van der Waals surface area contributed by atoms with Crippen molar-refractivity contribution in [2.75, 3.05) is 5.43 Å². The van der Waals surface area contributed by atoms with E-state index in [9.17, 15) is 0 Å². The summed E-state index contributed by atoms with van der Waals surface area (Å²) in [7, 11) is 0. The number of nitrogens with two attached hydrogens (primary N) is 2. The van der Waals surface area contributed by atoms with Gasteiger partial charge in [-0.2, -0.15) is 5.10 Å². The predicted octanol–water partition coefficient (Wildman–Crippen LogP) is 0.646. The first kappa shape index (κ1) is 11.1. The van der Waals surface area contributed by atoms with Gasteiger partial charge in [0.25, 0.3) is 0 Å². The minimum atomic E-state index is 0.193. The smallest absolute Gasteiger partial charge is 0.177 e. The number of anilines is 1. The Labute approximate surface area is 108 Å². The summed E-state index contributed by atoms with van der Waals surface area (Å²) >= 11 is 0. The molecule has 0 aliphatic carbocycles. The molecule has 0 atom stereocenters. The Hall–Kier alpha value is -2.96. The van der Waals surface area contributed by atoms with Gasteiger partial charge < -0.3 is 11.5 Å². The second-order valence-electron chi connectivity index (χ2n) is 3.96. The number of para-hydroxylation sites is 1. The molecule has 0 spiro atoms. The summed E-state index contributed by atoms with van der Waals surface area (Å²) in [6.45, 7) is 0. The van der Waals surface area contributed by atoms with E-state index in [1.54, 1.807) is 6.20 Å². The Morgan fingerprint density at radius 1 is 1.05 bits per heavy atom. The van der Waals surface area contributed by atoms with Crippen molar-refractivity contribution >= 4 is 34.0 Å². The lowest BCUT2D eigenvalue weighted by atomic mass is 10.2. The number of rotatable bonds is 2. The lowest BCUT2D eigenvalue weighted by Crippen LogP contribution is -2.32. The molecule has 0 amide bonds. The summed E-state index contributed by atoms with van der Waals surface area (Å²) in [5.74, 6) is 0.387. The van der Waals surface area contributed by atoms with Crippen LogP contribution in [0.25, 0.3) is 10.9 Å². The number of hydrazone groups is 1. The van der Waals surface area contributed by atoms with E-state index in [1.807, 2.05) is 30.3 Å². The average molecular weight is 253 g/mol. The Morgan fingerprint density at radius 2 is 1.79 bits per heavy atom. The van der Waals surface area contributed by atoms with Crippen LogP contribution in [-0.4, -0.2) is 22.4 Å². The van der Waals surface area contributed by atoms with Gasteiger partial charge in [0.05, 0.1) is 17.4 Å². The molecule has 19 heavy (non-hydrogen) atoms. The van der Waals surface area contributed by atoms with Gasteiger partial charge in [-0.15, -0.1) is 10.2 Å². The van der Waals surface area contributed by atoms with Gasteiger partial charge in [0, 0.05) is 5.39 Å². The minimum absolute atomic E-state index is 0.193. The normalized spacial score (nSPS) is 14.2. The molecule has 3 rings (SSSR count). The van der Waals surface area contributed by atoms with Crippen LogP contribution >= 0.6 is 0 Å². The van der Waals surface area contributed by atoms with Crippen molar-refractivity contribution in [3.63, 3.8) is 0 Å². The van der Waals surface area contributed by atoms with Crippen LogP contribution in [0.2, 0.25) is 0 Å². The first-order chi connectivity index (χ1) is 9.24. The molecular weight excluding hydrogens is 242 g/mol. The van der Waals surface area contributed by atoms with Crippen molar-refractivity contribution in [2.24, 2.45) is 26.8 Å². The van der Waals surface area contributed by atoms with Gasteiger partial charge in [0.1, 0.15) is 0 Å². The third-order valence-electron chi connectivity index (χ3n) is 2.64. The first-order valence-corrected chi connectivity index (χ1v) is 5.60. The molecule has 1 aliphatic rings. The minimum Gasteiger partial charge on any atom is -0.380 e. The highest BCUT2D eigenvalue weighted by atomic mass is 15.4. The zero-order chi connectivity index (χ0) is 13.2.